The summed E-state index contributed by atoms with van der Waals surface area (Å²) in [5.41, 5.74) is 1.34. The van der Waals surface area contributed by atoms with E-state index in [2.05, 4.69) is 10.1 Å². The van der Waals surface area contributed by atoms with Crippen LogP contribution in [-0.4, -0.2) is 21.4 Å². The molecule has 39 heavy (non-hydrogen) atoms. The number of hydrogen-bond acceptors (Lipinski definition) is 7. The highest BCUT2D eigenvalue weighted by Crippen LogP contribution is 2.57. The molecule has 2 bridgehead atoms. The zero-order valence-corrected chi connectivity index (χ0v) is 23.7. The number of ether oxygens (including phenoxy) is 1. The van der Waals surface area contributed by atoms with Crippen molar-refractivity contribution in [3.8, 4) is 17.3 Å². The first-order valence-electron chi connectivity index (χ1n) is 13.0. The molecule has 0 spiro atoms. The van der Waals surface area contributed by atoms with Crippen molar-refractivity contribution in [2.45, 2.75) is 63.8 Å². The van der Waals surface area contributed by atoms with Crippen molar-refractivity contribution >= 4 is 44.8 Å². The van der Waals surface area contributed by atoms with Crippen LogP contribution >= 0.6 is 34.5 Å². The van der Waals surface area contributed by atoms with Crippen molar-refractivity contribution in [1.29, 1.82) is 5.26 Å². The number of aromatic nitrogens is 2. The van der Waals surface area contributed by atoms with Gasteiger partial charge in [-0.2, -0.15) is 5.26 Å². The van der Waals surface area contributed by atoms with Gasteiger partial charge < -0.3 is 14.4 Å². The predicted octanol–water partition coefficient (Wildman–Crippen LogP) is 7.99. The van der Waals surface area contributed by atoms with E-state index >= 15 is 0 Å². The summed E-state index contributed by atoms with van der Waals surface area (Å²) in [5, 5.41) is 27.0. The van der Waals surface area contributed by atoms with E-state index in [1.807, 2.05) is 19.9 Å². The lowest BCUT2D eigenvalue weighted by Gasteiger charge is -2.41. The number of halogens is 3. The second kappa shape index (κ2) is 10.1. The molecule has 202 valence electrons. The summed E-state index contributed by atoms with van der Waals surface area (Å²) in [6.07, 6.45) is 2.91. The van der Waals surface area contributed by atoms with Gasteiger partial charge in [0.2, 0.25) is 0 Å². The summed E-state index contributed by atoms with van der Waals surface area (Å²) in [6.45, 7) is 4.34. The monoisotopic (exact) mass is 585 g/mol. The Bertz CT molecular complexity index is 1580. The van der Waals surface area contributed by atoms with Crippen molar-refractivity contribution in [2.24, 2.45) is 11.8 Å². The van der Waals surface area contributed by atoms with Gasteiger partial charge >= 0.3 is 0 Å². The first-order valence-corrected chi connectivity index (χ1v) is 14.5. The van der Waals surface area contributed by atoms with E-state index in [0.29, 0.717) is 43.9 Å². The largest absolute Gasteiger partial charge is 0.382 e. The van der Waals surface area contributed by atoms with Crippen LogP contribution in [0.15, 0.2) is 34.9 Å². The van der Waals surface area contributed by atoms with Crippen LogP contribution in [0, 0.1) is 29.0 Å². The van der Waals surface area contributed by atoms with E-state index in [4.69, 9.17) is 32.5 Å². The maximum absolute atomic E-state index is 14.6. The highest BCUT2D eigenvalue weighted by atomic mass is 35.5. The lowest BCUT2D eigenvalue weighted by molar-refractivity contribution is -0.116. The highest BCUT2D eigenvalue weighted by molar-refractivity contribution is 7.18. The van der Waals surface area contributed by atoms with E-state index in [1.54, 1.807) is 24.3 Å². The van der Waals surface area contributed by atoms with E-state index in [9.17, 15) is 14.8 Å². The third-order valence-electron chi connectivity index (χ3n) is 8.13. The van der Waals surface area contributed by atoms with Crippen LogP contribution in [0.1, 0.15) is 67.3 Å². The van der Waals surface area contributed by atoms with E-state index in [0.717, 1.165) is 24.2 Å². The molecule has 0 unspecified atom stereocenters. The van der Waals surface area contributed by atoms with Crippen molar-refractivity contribution in [3.05, 3.63) is 68.1 Å². The molecule has 4 aromatic rings. The maximum Gasteiger partial charge on any atom is 0.151 e. The molecule has 4 atom stereocenters. The van der Waals surface area contributed by atoms with E-state index in [1.165, 1.54) is 17.4 Å². The summed E-state index contributed by atoms with van der Waals surface area (Å²) in [5.74, 6) is 0.141. The molecule has 2 aromatic heterocycles. The third kappa shape index (κ3) is 4.45. The normalized spacial score (nSPS) is 24.5. The molecule has 2 saturated carbocycles. The van der Waals surface area contributed by atoms with Crippen LogP contribution in [-0.2, 0) is 16.9 Å². The fourth-order valence-corrected chi connectivity index (χ4v) is 8.09. The van der Waals surface area contributed by atoms with Gasteiger partial charge in [0.25, 0.3) is 0 Å². The summed E-state index contributed by atoms with van der Waals surface area (Å²) < 4.78 is 27.4. The number of thiazole rings is 1. The standard InChI is InChI=1S/C29H26Cl2FN3O3S/c1-14(2)27-19(25(35-38-27)24-20(30)4-3-5-21(24)31)13-37-18-10-16-6-7-17(11-18)29(16,36)28-34-26-22(32)8-15(12-33)9-23(26)39-28/h3-5,8-9,14,16-18,36H,6-7,10-11,13H2,1-2H3/t16-,17+,18-,29+. The molecule has 0 amide bonds. The summed E-state index contributed by atoms with van der Waals surface area (Å²) >= 11 is 14.2. The summed E-state index contributed by atoms with van der Waals surface area (Å²) in [6, 6.07) is 10.1. The van der Waals surface area contributed by atoms with Crippen LogP contribution in [0.2, 0.25) is 10.0 Å². The number of benzene rings is 2. The average Bonchev–Trinajstić information content (AvgIpc) is 3.55. The van der Waals surface area contributed by atoms with Gasteiger partial charge in [-0.1, -0.05) is 48.3 Å². The van der Waals surface area contributed by atoms with Gasteiger partial charge in [-0.05, 0) is 61.8 Å². The second-order valence-electron chi connectivity index (χ2n) is 10.8. The minimum atomic E-state index is -1.14. The van der Waals surface area contributed by atoms with E-state index in [-0.39, 0.29) is 41.5 Å². The predicted molar refractivity (Wildman–Crippen MR) is 148 cm³/mol. The minimum Gasteiger partial charge on any atom is -0.382 e. The maximum atomic E-state index is 14.6. The zero-order valence-electron chi connectivity index (χ0n) is 21.4. The number of hydrogen-bond donors (Lipinski definition) is 1. The average molecular weight is 587 g/mol. The molecule has 6 rings (SSSR count). The quantitative estimate of drug-likeness (QED) is 0.246. The Morgan fingerprint density at radius 3 is 2.56 bits per heavy atom. The van der Waals surface area contributed by atoms with Crippen LogP contribution in [0.3, 0.4) is 0 Å². The van der Waals surface area contributed by atoms with Gasteiger partial charge in [0.1, 0.15) is 27.6 Å². The number of nitrogens with zero attached hydrogens (tertiary/aromatic N) is 3. The fraction of sp³-hybridized carbons (Fsp3) is 0.414. The highest BCUT2D eigenvalue weighted by Gasteiger charge is 2.56. The smallest absolute Gasteiger partial charge is 0.151 e. The van der Waals surface area contributed by atoms with Crippen LogP contribution in [0.25, 0.3) is 21.5 Å². The first kappa shape index (κ1) is 26.7. The molecule has 10 heteroatoms. The van der Waals surface area contributed by atoms with Crippen molar-refractivity contribution in [3.63, 3.8) is 0 Å². The lowest BCUT2D eigenvalue weighted by atomic mass is 9.73. The van der Waals surface area contributed by atoms with E-state index < -0.39 is 11.4 Å². The SMILES string of the molecule is CC(C)c1onc(-c2c(Cl)cccc2Cl)c1CO[C@@H]1C[C@H]2CC[C@@H](C1)[C@]2(O)c1nc2c(F)cc(C#N)cc2s1. The van der Waals surface area contributed by atoms with Crippen molar-refractivity contribution < 1.29 is 18.8 Å². The number of rotatable bonds is 6. The van der Waals surface area contributed by atoms with Gasteiger partial charge in [-0.3, -0.25) is 0 Å². The molecule has 6 nitrogen and oxygen atoms in total. The molecule has 2 aliphatic rings. The van der Waals surface area contributed by atoms with Gasteiger partial charge in [0.05, 0.1) is 39.1 Å². The molecule has 0 aliphatic heterocycles. The number of fused-ring (bicyclic) bond motifs is 3. The molecule has 0 saturated heterocycles. The Morgan fingerprint density at radius 1 is 1.23 bits per heavy atom. The Kier molecular flexibility index (Phi) is 6.93. The second-order valence-corrected chi connectivity index (χ2v) is 12.6. The topological polar surface area (TPSA) is 92.2 Å². The first-order chi connectivity index (χ1) is 18.7. The van der Waals surface area contributed by atoms with Gasteiger partial charge in [0, 0.05) is 17.0 Å². The van der Waals surface area contributed by atoms with Crippen LogP contribution in [0.4, 0.5) is 4.39 Å². The Morgan fingerprint density at radius 2 is 1.92 bits per heavy atom. The van der Waals surface area contributed by atoms with Crippen molar-refractivity contribution in [2.75, 3.05) is 0 Å². The Hall–Kier alpha value is -2.54. The number of aliphatic hydroxyl groups is 1. The summed E-state index contributed by atoms with van der Waals surface area (Å²) in [7, 11) is 0. The molecular weight excluding hydrogens is 560 g/mol. The fourth-order valence-electron chi connectivity index (χ4n) is 6.25. The molecular formula is C29H26Cl2FN3O3S. The van der Waals surface area contributed by atoms with Gasteiger partial charge in [-0.15, -0.1) is 11.3 Å². The molecule has 2 heterocycles. The molecule has 2 fully saturated rings. The third-order valence-corrected chi connectivity index (χ3v) is 9.90. The summed E-state index contributed by atoms with van der Waals surface area (Å²) in [4.78, 5) is 4.53. The molecule has 1 N–H and O–H groups in total. The lowest BCUT2D eigenvalue weighted by Crippen LogP contribution is -2.44. The molecule has 2 aliphatic carbocycles. The Labute approximate surface area is 239 Å². The van der Waals surface area contributed by atoms with Gasteiger partial charge in [-0.25, -0.2) is 9.37 Å². The minimum absolute atomic E-state index is 0.0650. The Balaban J connectivity index is 1.25. The van der Waals surface area contributed by atoms with Crippen LogP contribution in [0.5, 0.6) is 0 Å². The molecule has 2 aromatic carbocycles. The van der Waals surface area contributed by atoms with Crippen LogP contribution < -0.4 is 0 Å². The zero-order chi connectivity index (χ0) is 27.5. The van der Waals surface area contributed by atoms with Gasteiger partial charge in [0.15, 0.2) is 5.82 Å². The number of nitriles is 1. The van der Waals surface area contributed by atoms with Crippen molar-refractivity contribution in [1.82, 2.24) is 10.1 Å². The molecule has 0 radical (unpaired) electrons.